The lowest BCUT2D eigenvalue weighted by Crippen LogP contribution is -2.47. The summed E-state index contributed by atoms with van der Waals surface area (Å²) < 4.78 is 0. The van der Waals surface area contributed by atoms with Crippen LogP contribution in [0, 0.1) is 17.2 Å². The minimum Gasteiger partial charge on any atom is -0.297 e. The van der Waals surface area contributed by atoms with E-state index < -0.39 is 0 Å². The van der Waals surface area contributed by atoms with Gasteiger partial charge in [-0.25, -0.2) is 0 Å². The fourth-order valence-electron chi connectivity index (χ4n) is 3.22. The van der Waals surface area contributed by atoms with Crippen molar-refractivity contribution in [2.45, 2.75) is 89.5 Å². The van der Waals surface area contributed by atoms with Crippen LogP contribution in [0.25, 0.3) is 0 Å². The lowest BCUT2D eigenvalue weighted by atomic mass is 9.90. The molecule has 0 aromatic carbocycles. The Hall–Kier alpha value is -0.200. The first-order chi connectivity index (χ1) is 9.51. The summed E-state index contributed by atoms with van der Waals surface area (Å²) in [6.07, 6.45) is 8.65. The Bertz CT molecular complexity index is 311. The van der Waals surface area contributed by atoms with E-state index in [1.54, 1.807) is 0 Å². The second-order valence-corrected chi connectivity index (χ2v) is 8.12. The molecule has 1 N–H and O–H groups in total. The van der Waals surface area contributed by atoms with Crippen LogP contribution >= 0.6 is 11.8 Å². The standard InChI is InChI=1S/C17H32N2S/c1-5-17(13-18,19-14(2)3)10-7-11-20-16-9-6-8-15(4)12-16/h14-16,19H,5-12H2,1-4H3. The Morgan fingerprint density at radius 3 is 2.70 bits per heavy atom. The number of nitriles is 1. The largest absolute Gasteiger partial charge is 0.297 e. The number of hydrogen-bond donors (Lipinski definition) is 1. The molecule has 0 bridgehead atoms. The van der Waals surface area contributed by atoms with Crippen LogP contribution in [-0.4, -0.2) is 22.6 Å². The van der Waals surface area contributed by atoms with Crippen LogP contribution in [0.5, 0.6) is 0 Å². The molecule has 1 aliphatic rings. The third-order valence-corrected chi connectivity index (χ3v) is 5.80. The lowest BCUT2D eigenvalue weighted by Gasteiger charge is -2.30. The van der Waals surface area contributed by atoms with E-state index in [2.05, 4.69) is 50.8 Å². The van der Waals surface area contributed by atoms with Gasteiger partial charge in [-0.2, -0.15) is 17.0 Å². The van der Waals surface area contributed by atoms with Crippen molar-refractivity contribution in [1.29, 1.82) is 5.26 Å². The highest BCUT2D eigenvalue weighted by Crippen LogP contribution is 2.32. The summed E-state index contributed by atoms with van der Waals surface area (Å²) in [5.74, 6) is 2.12. The van der Waals surface area contributed by atoms with Gasteiger partial charge in [-0.1, -0.05) is 26.7 Å². The summed E-state index contributed by atoms with van der Waals surface area (Å²) in [7, 11) is 0. The first-order valence-corrected chi connectivity index (χ1v) is 9.36. The third kappa shape index (κ3) is 6.06. The maximum atomic E-state index is 9.49. The zero-order valence-electron chi connectivity index (χ0n) is 13.7. The van der Waals surface area contributed by atoms with E-state index in [9.17, 15) is 5.26 Å². The highest BCUT2D eigenvalue weighted by atomic mass is 32.2. The highest BCUT2D eigenvalue weighted by Gasteiger charge is 2.28. The minimum absolute atomic E-state index is 0.311. The summed E-state index contributed by atoms with van der Waals surface area (Å²) in [6, 6.07) is 2.90. The smallest absolute Gasteiger partial charge is 0.106 e. The van der Waals surface area contributed by atoms with Gasteiger partial charge in [-0.05, 0) is 57.6 Å². The Labute approximate surface area is 130 Å². The van der Waals surface area contributed by atoms with Gasteiger partial charge < -0.3 is 0 Å². The molecule has 116 valence electrons. The molecule has 3 atom stereocenters. The maximum absolute atomic E-state index is 9.49. The number of thioether (sulfide) groups is 1. The van der Waals surface area contributed by atoms with Gasteiger partial charge in [-0.3, -0.25) is 5.32 Å². The molecule has 1 rings (SSSR count). The fraction of sp³-hybridized carbons (Fsp3) is 0.941. The Kier molecular flexibility index (Phi) is 7.99. The van der Waals surface area contributed by atoms with E-state index in [1.165, 1.54) is 31.4 Å². The van der Waals surface area contributed by atoms with Gasteiger partial charge in [0, 0.05) is 11.3 Å². The molecule has 0 heterocycles. The van der Waals surface area contributed by atoms with Crippen LogP contribution in [0.15, 0.2) is 0 Å². The topological polar surface area (TPSA) is 35.8 Å². The Morgan fingerprint density at radius 2 is 2.15 bits per heavy atom. The van der Waals surface area contributed by atoms with Crippen LogP contribution in [0.2, 0.25) is 0 Å². The fourth-order valence-corrected chi connectivity index (χ4v) is 4.67. The maximum Gasteiger partial charge on any atom is 0.106 e. The number of rotatable bonds is 8. The Morgan fingerprint density at radius 1 is 1.40 bits per heavy atom. The van der Waals surface area contributed by atoms with Gasteiger partial charge >= 0.3 is 0 Å². The molecule has 0 aliphatic heterocycles. The molecule has 0 amide bonds. The van der Waals surface area contributed by atoms with Crippen molar-refractivity contribution in [2.75, 3.05) is 5.75 Å². The molecule has 3 heteroatoms. The molecule has 20 heavy (non-hydrogen) atoms. The number of hydrogen-bond acceptors (Lipinski definition) is 3. The molecule has 0 radical (unpaired) electrons. The second-order valence-electron chi connectivity index (χ2n) is 6.71. The van der Waals surface area contributed by atoms with Gasteiger partial charge in [0.2, 0.25) is 0 Å². The van der Waals surface area contributed by atoms with Crippen molar-refractivity contribution in [2.24, 2.45) is 5.92 Å². The summed E-state index contributed by atoms with van der Waals surface area (Å²) in [4.78, 5) is 0. The van der Waals surface area contributed by atoms with Crippen molar-refractivity contribution in [3.63, 3.8) is 0 Å². The van der Waals surface area contributed by atoms with E-state index in [1.807, 2.05) is 0 Å². The van der Waals surface area contributed by atoms with Crippen LogP contribution in [0.1, 0.15) is 72.6 Å². The molecular formula is C17H32N2S. The van der Waals surface area contributed by atoms with Crippen molar-refractivity contribution in [3.8, 4) is 6.07 Å². The molecule has 0 aromatic heterocycles. The second kappa shape index (κ2) is 8.95. The van der Waals surface area contributed by atoms with Gasteiger partial charge in [0.05, 0.1) is 6.07 Å². The first-order valence-electron chi connectivity index (χ1n) is 8.32. The molecule has 1 saturated carbocycles. The highest BCUT2D eigenvalue weighted by molar-refractivity contribution is 7.99. The molecule has 3 unspecified atom stereocenters. The average molecular weight is 297 g/mol. The molecule has 2 nitrogen and oxygen atoms in total. The normalized spacial score (nSPS) is 26.2. The number of nitrogens with zero attached hydrogens (tertiary/aromatic N) is 1. The first kappa shape index (κ1) is 17.9. The summed E-state index contributed by atoms with van der Waals surface area (Å²) in [5, 5.41) is 13.8. The van der Waals surface area contributed by atoms with Crippen molar-refractivity contribution in [3.05, 3.63) is 0 Å². The van der Waals surface area contributed by atoms with Crippen LogP contribution in [0.3, 0.4) is 0 Å². The van der Waals surface area contributed by atoms with Gasteiger partial charge in [0.15, 0.2) is 0 Å². The van der Waals surface area contributed by atoms with Crippen molar-refractivity contribution < 1.29 is 0 Å². The summed E-state index contributed by atoms with van der Waals surface area (Å²) in [5.41, 5.74) is -0.311. The monoisotopic (exact) mass is 296 g/mol. The van der Waals surface area contributed by atoms with E-state index in [0.29, 0.717) is 6.04 Å². The van der Waals surface area contributed by atoms with Crippen LogP contribution < -0.4 is 5.32 Å². The Balaban J connectivity index is 2.28. The van der Waals surface area contributed by atoms with E-state index >= 15 is 0 Å². The molecule has 0 saturated heterocycles. The van der Waals surface area contributed by atoms with E-state index in [0.717, 1.165) is 30.4 Å². The molecule has 0 aromatic rings. The lowest BCUT2D eigenvalue weighted by molar-refractivity contribution is 0.341. The minimum atomic E-state index is -0.311. The zero-order valence-corrected chi connectivity index (χ0v) is 14.6. The predicted molar refractivity (Wildman–Crippen MR) is 90.0 cm³/mol. The molecule has 1 fully saturated rings. The SMILES string of the molecule is CCC(C#N)(CCCSC1CCCC(C)C1)NC(C)C. The zero-order chi connectivity index (χ0) is 15.0. The van der Waals surface area contributed by atoms with Crippen molar-refractivity contribution >= 4 is 11.8 Å². The summed E-state index contributed by atoms with van der Waals surface area (Å²) in [6.45, 7) is 8.76. The van der Waals surface area contributed by atoms with Gasteiger partial charge in [0.1, 0.15) is 5.54 Å². The van der Waals surface area contributed by atoms with Gasteiger partial charge in [0.25, 0.3) is 0 Å². The predicted octanol–water partition coefficient (Wildman–Crippen LogP) is 4.75. The van der Waals surface area contributed by atoms with E-state index in [-0.39, 0.29) is 5.54 Å². The van der Waals surface area contributed by atoms with Crippen LogP contribution in [0.4, 0.5) is 0 Å². The number of nitrogens with one attached hydrogen (secondary N) is 1. The molecule has 1 aliphatic carbocycles. The molecule has 0 spiro atoms. The van der Waals surface area contributed by atoms with Crippen molar-refractivity contribution in [1.82, 2.24) is 5.32 Å². The average Bonchev–Trinajstić information content (AvgIpc) is 2.42. The van der Waals surface area contributed by atoms with E-state index in [4.69, 9.17) is 0 Å². The molecular weight excluding hydrogens is 264 g/mol. The quantitative estimate of drug-likeness (QED) is 0.657. The van der Waals surface area contributed by atoms with Crippen LogP contribution in [-0.2, 0) is 0 Å². The summed E-state index contributed by atoms with van der Waals surface area (Å²) >= 11 is 2.14. The van der Waals surface area contributed by atoms with Gasteiger partial charge in [-0.15, -0.1) is 0 Å². The third-order valence-electron chi connectivity index (χ3n) is 4.37.